The molecule has 1 N–H and O–H groups in total. The number of benzene rings is 1. The predicted octanol–water partition coefficient (Wildman–Crippen LogP) is 4.91. The topological polar surface area (TPSA) is 32.3 Å². The van der Waals surface area contributed by atoms with Crippen LogP contribution in [-0.4, -0.2) is 29.9 Å². The van der Waals surface area contributed by atoms with E-state index in [4.69, 9.17) is 0 Å². The molecule has 0 bridgehead atoms. The fraction of sp³-hybridized carbons (Fsp3) is 0.522. The number of thiophene rings is 1. The summed E-state index contributed by atoms with van der Waals surface area (Å²) < 4.78 is 0. The van der Waals surface area contributed by atoms with Crippen LogP contribution in [0.1, 0.15) is 68.6 Å². The third-order valence-electron chi connectivity index (χ3n) is 5.59. The number of carbonyl (C=O) groups is 1. The molecule has 0 radical (unpaired) electrons. The van der Waals surface area contributed by atoms with Gasteiger partial charge in [-0.1, -0.05) is 52.0 Å². The molecule has 146 valence electrons. The van der Waals surface area contributed by atoms with Crippen molar-refractivity contribution in [2.45, 2.75) is 65.0 Å². The molecule has 2 heterocycles. The molecule has 0 saturated heterocycles. The van der Waals surface area contributed by atoms with E-state index in [1.807, 2.05) is 11.3 Å². The first-order chi connectivity index (χ1) is 12.8. The summed E-state index contributed by atoms with van der Waals surface area (Å²) in [7, 11) is 0. The normalized spacial score (nSPS) is 18.3. The van der Waals surface area contributed by atoms with E-state index in [1.54, 1.807) is 0 Å². The predicted molar refractivity (Wildman–Crippen MR) is 114 cm³/mol. The van der Waals surface area contributed by atoms with Gasteiger partial charge in [-0.25, -0.2) is 0 Å². The fourth-order valence-corrected chi connectivity index (χ4v) is 4.52. The number of amides is 1. The van der Waals surface area contributed by atoms with Crippen LogP contribution in [0.2, 0.25) is 0 Å². The molecule has 3 nitrogen and oxygen atoms in total. The maximum absolute atomic E-state index is 13.0. The van der Waals surface area contributed by atoms with Crippen molar-refractivity contribution in [2.75, 3.05) is 13.1 Å². The third kappa shape index (κ3) is 4.44. The molecule has 0 aliphatic carbocycles. The summed E-state index contributed by atoms with van der Waals surface area (Å²) in [4.78, 5) is 16.5. The first-order valence-corrected chi connectivity index (χ1v) is 10.9. The first-order valence-electron chi connectivity index (χ1n) is 10.0. The lowest BCUT2D eigenvalue weighted by molar-refractivity contribution is -0.132. The van der Waals surface area contributed by atoms with Crippen molar-refractivity contribution in [2.24, 2.45) is 0 Å². The lowest BCUT2D eigenvalue weighted by atomic mass is 9.85. The van der Waals surface area contributed by atoms with Crippen molar-refractivity contribution in [1.29, 1.82) is 0 Å². The quantitative estimate of drug-likeness (QED) is 0.794. The van der Waals surface area contributed by atoms with Crippen molar-refractivity contribution in [3.63, 3.8) is 0 Å². The lowest BCUT2D eigenvalue weighted by Gasteiger charge is -2.37. The summed E-state index contributed by atoms with van der Waals surface area (Å²) in [6.45, 7) is 12.2. The van der Waals surface area contributed by atoms with Crippen molar-refractivity contribution < 1.29 is 4.79 Å². The average molecular weight is 385 g/mol. The van der Waals surface area contributed by atoms with E-state index < -0.39 is 0 Å². The Balaban J connectivity index is 1.89. The van der Waals surface area contributed by atoms with Gasteiger partial charge in [0.25, 0.3) is 0 Å². The lowest BCUT2D eigenvalue weighted by Crippen LogP contribution is -2.45. The molecule has 1 aromatic carbocycles. The number of hydrogen-bond acceptors (Lipinski definition) is 3. The second-order valence-corrected chi connectivity index (χ2v) is 9.60. The monoisotopic (exact) mass is 384 g/mol. The maximum Gasteiger partial charge on any atom is 0.237 e. The summed E-state index contributed by atoms with van der Waals surface area (Å²) in [5.41, 5.74) is 3.96. The van der Waals surface area contributed by atoms with Gasteiger partial charge in [-0.15, -0.1) is 11.3 Å². The Hall–Kier alpha value is -1.65. The van der Waals surface area contributed by atoms with Crippen molar-refractivity contribution in [3.8, 4) is 0 Å². The van der Waals surface area contributed by atoms with Crippen LogP contribution >= 0.6 is 11.3 Å². The molecule has 1 aromatic heterocycles. The summed E-state index contributed by atoms with van der Waals surface area (Å²) in [6, 6.07) is 11.4. The van der Waals surface area contributed by atoms with Gasteiger partial charge in [-0.3, -0.25) is 4.79 Å². The van der Waals surface area contributed by atoms with Crippen LogP contribution < -0.4 is 5.32 Å². The van der Waals surface area contributed by atoms with Crippen molar-refractivity contribution >= 4 is 17.2 Å². The van der Waals surface area contributed by atoms with E-state index in [-0.39, 0.29) is 17.4 Å². The molecular formula is C23H32N2OS. The molecule has 1 aliphatic rings. The van der Waals surface area contributed by atoms with Crippen molar-refractivity contribution in [1.82, 2.24) is 10.2 Å². The Morgan fingerprint density at radius 3 is 2.59 bits per heavy atom. The first kappa shape index (κ1) is 20.1. The summed E-state index contributed by atoms with van der Waals surface area (Å²) in [5, 5.41) is 5.52. The molecule has 4 heteroatoms. The number of nitrogens with one attached hydrogen (secondary N) is 1. The van der Waals surface area contributed by atoms with Gasteiger partial charge in [0.2, 0.25) is 5.91 Å². The molecule has 0 spiro atoms. The van der Waals surface area contributed by atoms with Gasteiger partial charge in [-0.05, 0) is 53.3 Å². The highest BCUT2D eigenvalue weighted by Crippen LogP contribution is 2.38. The van der Waals surface area contributed by atoms with Crippen LogP contribution in [0, 0.1) is 0 Å². The number of carbonyl (C=O) groups excluding carboxylic acids is 1. The SMILES string of the molecule is CC[C@@H](C)NCC(=O)N1CCc2sccc2[C@@H]1c1ccc(C(C)(C)C)cc1. The Kier molecular flexibility index (Phi) is 6.07. The fourth-order valence-electron chi connectivity index (χ4n) is 3.62. The van der Waals surface area contributed by atoms with E-state index in [1.165, 1.54) is 21.6 Å². The van der Waals surface area contributed by atoms with Gasteiger partial charge in [0, 0.05) is 17.5 Å². The average Bonchev–Trinajstić information content (AvgIpc) is 3.13. The largest absolute Gasteiger partial charge is 0.330 e. The van der Waals surface area contributed by atoms with Crippen LogP contribution in [-0.2, 0) is 16.6 Å². The van der Waals surface area contributed by atoms with Gasteiger partial charge in [0.05, 0.1) is 12.6 Å². The molecule has 27 heavy (non-hydrogen) atoms. The molecule has 2 aromatic rings. The molecular weight excluding hydrogens is 352 g/mol. The third-order valence-corrected chi connectivity index (χ3v) is 6.59. The van der Waals surface area contributed by atoms with E-state index in [0.29, 0.717) is 12.6 Å². The summed E-state index contributed by atoms with van der Waals surface area (Å²) in [5.74, 6) is 0.192. The Bertz CT molecular complexity index is 772. The number of rotatable bonds is 5. The number of hydrogen-bond donors (Lipinski definition) is 1. The molecule has 0 saturated carbocycles. The minimum absolute atomic E-state index is 0.0280. The smallest absolute Gasteiger partial charge is 0.237 e. The highest BCUT2D eigenvalue weighted by molar-refractivity contribution is 7.10. The molecule has 0 fully saturated rings. The Morgan fingerprint density at radius 1 is 1.26 bits per heavy atom. The van der Waals surface area contributed by atoms with Crippen LogP contribution in [0.15, 0.2) is 35.7 Å². The molecule has 2 atom stereocenters. The minimum Gasteiger partial charge on any atom is -0.330 e. The Labute approximate surface area is 167 Å². The summed E-state index contributed by atoms with van der Waals surface area (Å²) in [6.07, 6.45) is 1.98. The Morgan fingerprint density at radius 2 is 1.96 bits per heavy atom. The zero-order valence-corrected chi connectivity index (χ0v) is 18.0. The van der Waals surface area contributed by atoms with E-state index in [2.05, 4.69) is 80.5 Å². The van der Waals surface area contributed by atoms with Crippen molar-refractivity contribution in [3.05, 3.63) is 57.3 Å². The van der Waals surface area contributed by atoms with Gasteiger partial charge in [0.15, 0.2) is 0 Å². The zero-order chi connectivity index (χ0) is 19.6. The number of nitrogens with zero attached hydrogens (tertiary/aromatic N) is 1. The standard InChI is InChI=1S/C23H32N2OS/c1-6-16(2)24-15-21(26)25-13-11-20-19(12-14-27-20)22(25)17-7-9-18(10-8-17)23(3,4)5/h7-10,12,14,16,22,24H,6,11,13,15H2,1-5H3/t16-,22+/m1/s1. The van der Waals surface area contributed by atoms with Crippen LogP contribution in [0.25, 0.3) is 0 Å². The molecule has 3 rings (SSSR count). The highest BCUT2D eigenvalue weighted by atomic mass is 32.1. The van der Waals surface area contributed by atoms with Crippen LogP contribution in [0.5, 0.6) is 0 Å². The van der Waals surface area contributed by atoms with Gasteiger partial charge < -0.3 is 10.2 Å². The van der Waals surface area contributed by atoms with Crippen LogP contribution in [0.3, 0.4) is 0 Å². The second-order valence-electron chi connectivity index (χ2n) is 8.60. The van der Waals surface area contributed by atoms with Gasteiger partial charge in [-0.2, -0.15) is 0 Å². The molecule has 0 unspecified atom stereocenters. The highest BCUT2D eigenvalue weighted by Gasteiger charge is 2.32. The zero-order valence-electron chi connectivity index (χ0n) is 17.2. The van der Waals surface area contributed by atoms with Gasteiger partial charge in [0.1, 0.15) is 0 Å². The van der Waals surface area contributed by atoms with Crippen LogP contribution in [0.4, 0.5) is 0 Å². The van der Waals surface area contributed by atoms with E-state index in [9.17, 15) is 4.79 Å². The maximum atomic E-state index is 13.0. The second kappa shape index (κ2) is 8.15. The number of fused-ring (bicyclic) bond motifs is 1. The summed E-state index contributed by atoms with van der Waals surface area (Å²) >= 11 is 1.81. The minimum atomic E-state index is 0.0280. The van der Waals surface area contributed by atoms with E-state index >= 15 is 0 Å². The van der Waals surface area contributed by atoms with Gasteiger partial charge >= 0.3 is 0 Å². The molecule has 1 aliphatic heterocycles. The van der Waals surface area contributed by atoms with E-state index in [0.717, 1.165) is 19.4 Å². The molecule has 1 amide bonds.